The van der Waals surface area contributed by atoms with Crippen molar-refractivity contribution in [3.8, 4) is 0 Å². The van der Waals surface area contributed by atoms with Crippen LogP contribution in [0, 0.1) is 0 Å². The average Bonchev–Trinajstić information content (AvgIpc) is 2.36. The van der Waals surface area contributed by atoms with Crippen molar-refractivity contribution in [3.05, 3.63) is 30.1 Å². The summed E-state index contributed by atoms with van der Waals surface area (Å²) in [5.41, 5.74) is 1.03. The van der Waals surface area contributed by atoms with Gasteiger partial charge >= 0.3 is 5.97 Å². The van der Waals surface area contributed by atoms with Crippen LogP contribution in [0.2, 0.25) is 0 Å². The Hall–Kier alpha value is -1.91. The number of aromatic nitrogens is 1. The topological polar surface area (TPSA) is 70.5 Å². The first kappa shape index (κ1) is 14.2. The zero-order chi connectivity index (χ0) is 13.4. The Morgan fingerprint density at radius 1 is 1.33 bits per heavy atom. The van der Waals surface area contributed by atoms with Crippen LogP contribution >= 0.6 is 0 Å². The molecule has 5 heteroatoms. The zero-order valence-corrected chi connectivity index (χ0v) is 10.5. The Balaban J connectivity index is 2.48. The maximum absolute atomic E-state index is 11.9. The first-order valence-electron chi connectivity index (χ1n) is 6.02. The SMILES string of the molecule is CCCN(CC(=O)O)C(=O)CCc1ccncc1. The molecule has 1 rings (SSSR count). The summed E-state index contributed by atoms with van der Waals surface area (Å²) < 4.78 is 0. The van der Waals surface area contributed by atoms with Gasteiger partial charge in [0.25, 0.3) is 0 Å². The van der Waals surface area contributed by atoms with Gasteiger partial charge in [0, 0.05) is 25.4 Å². The summed E-state index contributed by atoms with van der Waals surface area (Å²) in [6.45, 7) is 2.19. The monoisotopic (exact) mass is 250 g/mol. The molecule has 0 radical (unpaired) electrons. The number of hydrogen-bond donors (Lipinski definition) is 1. The summed E-state index contributed by atoms with van der Waals surface area (Å²) in [7, 11) is 0. The number of amides is 1. The highest BCUT2D eigenvalue weighted by molar-refractivity contribution is 5.81. The summed E-state index contributed by atoms with van der Waals surface area (Å²) in [4.78, 5) is 27.8. The maximum atomic E-state index is 11.9. The van der Waals surface area contributed by atoms with Gasteiger partial charge in [-0.2, -0.15) is 0 Å². The molecule has 0 bridgehead atoms. The number of pyridine rings is 1. The second-order valence-corrected chi connectivity index (χ2v) is 4.06. The van der Waals surface area contributed by atoms with E-state index in [1.54, 1.807) is 12.4 Å². The quantitative estimate of drug-likeness (QED) is 0.792. The van der Waals surface area contributed by atoms with E-state index >= 15 is 0 Å². The minimum absolute atomic E-state index is 0.115. The third-order valence-electron chi connectivity index (χ3n) is 2.55. The van der Waals surface area contributed by atoms with E-state index in [2.05, 4.69) is 4.98 Å². The molecule has 0 aromatic carbocycles. The highest BCUT2D eigenvalue weighted by atomic mass is 16.4. The van der Waals surface area contributed by atoms with Crippen LogP contribution < -0.4 is 0 Å². The molecule has 1 aromatic rings. The molecule has 5 nitrogen and oxygen atoms in total. The van der Waals surface area contributed by atoms with E-state index < -0.39 is 5.97 Å². The van der Waals surface area contributed by atoms with Crippen molar-refractivity contribution < 1.29 is 14.7 Å². The molecule has 1 amide bonds. The number of aryl methyl sites for hydroxylation is 1. The lowest BCUT2D eigenvalue weighted by molar-refractivity contribution is -0.144. The fourth-order valence-corrected chi connectivity index (χ4v) is 1.68. The largest absolute Gasteiger partial charge is 0.480 e. The summed E-state index contributed by atoms with van der Waals surface area (Å²) in [5.74, 6) is -1.09. The van der Waals surface area contributed by atoms with Crippen LogP contribution in [-0.2, 0) is 16.0 Å². The third-order valence-corrected chi connectivity index (χ3v) is 2.55. The number of rotatable bonds is 7. The van der Waals surface area contributed by atoms with Gasteiger partial charge in [0.1, 0.15) is 6.54 Å². The molecule has 1 aromatic heterocycles. The average molecular weight is 250 g/mol. The predicted octanol–water partition coefficient (Wildman–Crippen LogP) is 1.34. The van der Waals surface area contributed by atoms with Crippen molar-refractivity contribution >= 4 is 11.9 Å². The molecule has 0 unspecified atom stereocenters. The van der Waals surface area contributed by atoms with Gasteiger partial charge in [0.05, 0.1) is 0 Å². The van der Waals surface area contributed by atoms with Gasteiger partial charge < -0.3 is 10.0 Å². The molecule has 0 aliphatic rings. The fourth-order valence-electron chi connectivity index (χ4n) is 1.68. The molecule has 1 N–H and O–H groups in total. The second kappa shape index (κ2) is 7.42. The van der Waals surface area contributed by atoms with Crippen LogP contribution in [0.4, 0.5) is 0 Å². The molecule has 1 heterocycles. The van der Waals surface area contributed by atoms with Gasteiger partial charge in [-0.05, 0) is 30.5 Å². The predicted molar refractivity (Wildman–Crippen MR) is 67.1 cm³/mol. The molecule has 18 heavy (non-hydrogen) atoms. The zero-order valence-electron chi connectivity index (χ0n) is 10.5. The number of carbonyl (C=O) groups excluding carboxylic acids is 1. The summed E-state index contributed by atoms with van der Waals surface area (Å²) in [6, 6.07) is 3.71. The lowest BCUT2D eigenvalue weighted by atomic mass is 10.1. The molecule has 0 saturated heterocycles. The number of nitrogens with zero attached hydrogens (tertiary/aromatic N) is 2. The van der Waals surface area contributed by atoms with E-state index in [-0.39, 0.29) is 12.5 Å². The lowest BCUT2D eigenvalue weighted by Crippen LogP contribution is -2.36. The van der Waals surface area contributed by atoms with Crippen molar-refractivity contribution in [3.63, 3.8) is 0 Å². The molecular formula is C13H18N2O3. The smallest absolute Gasteiger partial charge is 0.323 e. The minimum atomic E-state index is -0.972. The Bertz CT molecular complexity index is 392. The molecule has 98 valence electrons. The van der Waals surface area contributed by atoms with Crippen molar-refractivity contribution in [2.24, 2.45) is 0 Å². The Labute approximate surface area is 106 Å². The summed E-state index contributed by atoms with van der Waals surface area (Å²) in [5, 5.41) is 8.74. The van der Waals surface area contributed by atoms with E-state index in [9.17, 15) is 9.59 Å². The highest BCUT2D eigenvalue weighted by Crippen LogP contribution is 2.04. The standard InChI is InChI=1S/C13H18N2O3/c1-2-9-15(10-13(17)18)12(16)4-3-11-5-7-14-8-6-11/h5-8H,2-4,9-10H2,1H3,(H,17,18). The van der Waals surface area contributed by atoms with E-state index in [1.165, 1.54) is 4.90 Å². The van der Waals surface area contributed by atoms with Crippen LogP contribution in [0.15, 0.2) is 24.5 Å². The second-order valence-electron chi connectivity index (χ2n) is 4.06. The van der Waals surface area contributed by atoms with Gasteiger partial charge in [-0.1, -0.05) is 6.92 Å². The van der Waals surface area contributed by atoms with E-state index in [1.807, 2.05) is 19.1 Å². The molecule has 0 aliphatic heterocycles. The normalized spacial score (nSPS) is 10.1. The van der Waals surface area contributed by atoms with Crippen molar-refractivity contribution in [2.45, 2.75) is 26.2 Å². The van der Waals surface area contributed by atoms with Crippen LogP contribution in [0.3, 0.4) is 0 Å². The molecule has 0 spiro atoms. The number of carbonyl (C=O) groups is 2. The Morgan fingerprint density at radius 2 is 2.00 bits per heavy atom. The first-order valence-corrected chi connectivity index (χ1v) is 6.02. The van der Waals surface area contributed by atoms with Crippen LogP contribution in [0.1, 0.15) is 25.3 Å². The van der Waals surface area contributed by atoms with Gasteiger partial charge in [0.2, 0.25) is 5.91 Å². The lowest BCUT2D eigenvalue weighted by Gasteiger charge is -2.19. The third kappa shape index (κ3) is 4.95. The summed E-state index contributed by atoms with van der Waals surface area (Å²) in [6.07, 6.45) is 5.06. The fraction of sp³-hybridized carbons (Fsp3) is 0.462. The van der Waals surface area contributed by atoms with Gasteiger partial charge in [-0.15, -0.1) is 0 Å². The molecule has 0 atom stereocenters. The maximum Gasteiger partial charge on any atom is 0.323 e. The molecule has 0 aliphatic carbocycles. The minimum Gasteiger partial charge on any atom is -0.480 e. The van der Waals surface area contributed by atoms with Crippen LogP contribution in [-0.4, -0.2) is 40.0 Å². The van der Waals surface area contributed by atoms with Gasteiger partial charge in [-0.3, -0.25) is 14.6 Å². The van der Waals surface area contributed by atoms with Crippen LogP contribution in [0.5, 0.6) is 0 Å². The van der Waals surface area contributed by atoms with E-state index in [0.717, 1.165) is 12.0 Å². The molecule has 0 saturated carbocycles. The summed E-state index contributed by atoms with van der Waals surface area (Å²) >= 11 is 0. The number of carboxylic acid groups (broad SMARTS) is 1. The Kier molecular flexibility index (Phi) is 5.84. The number of carboxylic acids is 1. The van der Waals surface area contributed by atoms with Crippen LogP contribution in [0.25, 0.3) is 0 Å². The van der Waals surface area contributed by atoms with Crippen molar-refractivity contribution in [1.29, 1.82) is 0 Å². The molecular weight excluding hydrogens is 232 g/mol. The van der Waals surface area contributed by atoms with Crippen molar-refractivity contribution in [1.82, 2.24) is 9.88 Å². The number of aliphatic carboxylic acids is 1. The first-order chi connectivity index (χ1) is 8.63. The van der Waals surface area contributed by atoms with E-state index in [0.29, 0.717) is 19.4 Å². The van der Waals surface area contributed by atoms with Gasteiger partial charge in [-0.25, -0.2) is 0 Å². The van der Waals surface area contributed by atoms with Gasteiger partial charge in [0.15, 0.2) is 0 Å². The van der Waals surface area contributed by atoms with E-state index in [4.69, 9.17) is 5.11 Å². The van der Waals surface area contributed by atoms with Crippen molar-refractivity contribution in [2.75, 3.05) is 13.1 Å². The highest BCUT2D eigenvalue weighted by Gasteiger charge is 2.15. The Morgan fingerprint density at radius 3 is 2.56 bits per heavy atom. The number of hydrogen-bond acceptors (Lipinski definition) is 3. The molecule has 0 fully saturated rings.